The van der Waals surface area contributed by atoms with Gasteiger partial charge in [0, 0.05) is 29.3 Å². The minimum absolute atomic E-state index is 0.0463. The van der Waals surface area contributed by atoms with E-state index in [0.717, 1.165) is 16.7 Å². The summed E-state index contributed by atoms with van der Waals surface area (Å²) in [5, 5.41) is 8.18. The molecule has 1 saturated heterocycles. The largest absolute Gasteiger partial charge is 0.454 e. The van der Waals surface area contributed by atoms with Crippen molar-refractivity contribution in [1.29, 1.82) is 0 Å². The van der Waals surface area contributed by atoms with Crippen molar-refractivity contribution < 1.29 is 27.2 Å². The summed E-state index contributed by atoms with van der Waals surface area (Å²) in [4.78, 5) is 24.3. The molecular formula is C26H23N3O6S. The lowest BCUT2D eigenvalue weighted by Crippen LogP contribution is -2.38. The Morgan fingerprint density at radius 1 is 1.14 bits per heavy atom. The third-order valence-corrected chi connectivity index (χ3v) is 7.53. The first-order chi connectivity index (χ1) is 17.4. The summed E-state index contributed by atoms with van der Waals surface area (Å²) >= 11 is 0. The quantitative estimate of drug-likeness (QED) is 0.303. The Labute approximate surface area is 207 Å². The summed E-state index contributed by atoms with van der Waals surface area (Å²) < 4.78 is 35.8. The zero-order valence-corrected chi connectivity index (χ0v) is 20.0. The van der Waals surface area contributed by atoms with Crippen LogP contribution in [0.25, 0.3) is 34.2 Å². The van der Waals surface area contributed by atoms with E-state index in [1.165, 1.54) is 6.08 Å². The first-order valence-corrected chi connectivity index (χ1v) is 13.2. The molecule has 184 valence electrons. The van der Waals surface area contributed by atoms with Crippen LogP contribution in [0.4, 0.5) is 0 Å². The van der Waals surface area contributed by atoms with Gasteiger partial charge in [-0.1, -0.05) is 36.4 Å². The van der Waals surface area contributed by atoms with Gasteiger partial charge in [-0.25, -0.2) is 17.9 Å². The molecular weight excluding hydrogens is 482 g/mol. The van der Waals surface area contributed by atoms with Crippen LogP contribution in [0.5, 0.6) is 0 Å². The topological polar surface area (TPSA) is 120 Å². The first kappa shape index (κ1) is 23.6. The zero-order valence-electron chi connectivity index (χ0n) is 19.2. The number of hydrogen-bond donors (Lipinski definition) is 1. The van der Waals surface area contributed by atoms with E-state index < -0.39 is 34.4 Å². The van der Waals surface area contributed by atoms with Gasteiger partial charge in [-0.15, -0.1) is 0 Å². The van der Waals surface area contributed by atoms with Crippen molar-refractivity contribution in [1.82, 2.24) is 15.1 Å². The van der Waals surface area contributed by atoms with Gasteiger partial charge in [0.15, 0.2) is 22.2 Å². The molecule has 1 N–H and O–H groups in total. The molecule has 1 aliphatic heterocycles. The molecule has 9 nitrogen and oxygen atoms in total. The van der Waals surface area contributed by atoms with Crippen LogP contribution in [0.3, 0.4) is 0 Å². The molecule has 5 rings (SSSR count). The van der Waals surface area contributed by atoms with Crippen LogP contribution < -0.4 is 5.32 Å². The van der Waals surface area contributed by atoms with Crippen LogP contribution in [0.2, 0.25) is 0 Å². The molecule has 1 unspecified atom stereocenters. The molecule has 1 amide bonds. The Kier molecular flexibility index (Phi) is 6.43. The van der Waals surface area contributed by atoms with E-state index in [2.05, 4.69) is 10.4 Å². The van der Waals surface area contributed by atoms with Gasteiger partial charge in [0.2, 0.25) is 0 Å². The van der Waals surface area contributed by atoms with Crippen molar-refractivity contribution in [3.05, 3.63) is 78.5 Å². The van der Waals surface area contributed by atoms with E-state index in [9.17, 15) is 18.0 Å². The number of hydrogen-bond acceptors (Lipinski definition) is 7. The Morgan fingerprint density at radius 3 is 2.67 bits per heavy atom. The molecule has 36 heavy (non-hydrogen) atoms. The molecule has 2 aromatic heterocycles. The van der Waals surface area contributed by atoms with Crippen molar-refractivity contribution in [3.63, 3.8) is 0 Å². The number of benzene rings is 2. The average Bonchev–Trinajstić information content (AvgIpc) is 3.58. The average molecular weight is 506 g/mol. The summed E-state index contributed by atoms with van der Waals surface area (Å²) in [5.41, 5.74) is 2.72. The lowest BCUT2D eigenvalue weighted by molar-refractivity contribution is -0.143. The van der Waals surface area contributed by atoms with Crippen molar-refractivity contribution in [3.8, 4) is 17.1 Å². The fourth-order valence-corrected chi connectivity index (χ4v) is 5.71. The van der Waals surface area contributed by atoms with Gasteiger partial charge in [-0.05, 0) is 36.8 Å². The monoisotopic (exact) mass is 505 g/mol. The van der Waals surface area contributed by atoms with Gasteiger partial charge in [-0.3, -0.25) is 4.79 Å². The molecule has 1 fully saturated rings. The van der Waals surface area contributed by atoms with Crippen LogP contribution in [0.1, 0.15) is 12.0 Å². The van der Waals surface area contributed by atoms with Gasteiger partial charge in [0.25, 0.3) is 5.91 Å². The molecule has 10 heteroatoms. The van der Waals surface area contributed by atoms with Crippen LogP contribution in [0.15, 0.2) is 77.4 Å². The number of fused-ring (bicyclic) bond motifs is 1. The number of nitrogens with one attached hydrogen (secondary N) is 1. The molecule has 4 aromatic rings. The summed E-state index contributed by atoms with van der Waals surface area (Å²) in [6.45, 7) is -0.501. The van der Waals surface area contributed by atoms with E-state index >= 15 is 0 Å². The second kappa shape index (κ2) is 9.82. The highest BCUT2D eigenvalue weighted by atomic mass is 32.2. The van der Waals surface area contributed by atoms with Crippen molar-refractivity contribution in [2.24, 2.45) is 0 Å². The number of carbonyl (C=O) groups excluding carboxylic acids is 2. The van der Waals surface area contributed by atoms with Gasteiger partial charge >= 0.3 is 5.97 Å². The fourth-order valence-electron chi connectivity index (χ4n) is 4.03. The fraction of sp³-hybridized carbons (Fsp3) is 0.192. The Hall–Kier alpha value is -4.18. The maximum atomic E-state index is 12.3. The predicted octanol–water partition coefficient (Wildman–Crippen LogP) is 3.15. The standard InChI is InChI=1S/C26H23N3O6S/c30-24(27-20-12-13-36(32,33)17-20)16-34-25(31)11-10-19-15-29(21-7-2-1-3-8-21)28-26(19)23-14-18-6-4-5-9-22(18)35-23/h1-11,14-15,20H,12-13,16-17H2,(H,27,30). The molecule has 0 bridgehead atoms. The Morgan fingerprint density at radius 2 is 1.92 bits per heavy atom. The maximum Gasteiger partial charge on any atom is 0.331 e. The molecule has 0 radical (unpaired) electrons. The summed E-state index contributed by atoms with van der Waals surface area (Å²) in [6.07, 6.45) is 4.90. The van der Waals surface area contributed by atoms with Gasteiger partial charge < -0.3 is 14.5 Å². The van der Waals surface area contributed by atoms with Gasteiger partial charge in [0.05, 0.1) is 17.2 Å². The summed E-state index contributed by atoms with van der Waals surface area (Å²) in [7, 11) is -3.11. The Balaban J connectivity index is 1.31. The molecule has 3 heterocycles. The van der Waals surface area contributed by atoms with Crippen LogP contribution >= 0.6 is 0 Å². The Bertz CT molecular complexity index is 1520. The normalized spacial score (nSPS) is 16.9. The molecule has 1 aliphatic rings. The van der Waals surface area contributed by atoms with E-state index in [1.54, 1.807) is 17.0 Å². The van der Waals surface area contributed by atoms with Crippen LogP contribution in [-0.2, 0) is 24.2 Å². The lowest BCUT2D eigenvalue weighted by Gasteiger charge is -2.10. The van der Waals surface area contributed by atoms with Crippen molar-refractivity contribution >= 4 is 38.8 Å². The lowest BCUT2D eigenvalue weighted by atomic mass is 10.2. The second-order valence-corrected chi connectivity index (χ2v) is 10.7. The molecule has 2 aromatic carbocycles. The number of furan rings is 1. The van der Waals surface area contributed by atoms with Gasteiger partial charge in [-0.2, -0.15) is 5.10 Å². The number of nitrogens with zero attached hydrogens (tertiary/aromatic N) is 2. The number of carbonyl (C=O) groups is 2. The second-order valence-electron chi connectivity index (χ2n) is 8.47. The summed E-state index contributed by atoms with van der Waals surface area (Å²) in [5.74, 6) is -0.761. The molecule has 0 saturated carbocycles. The van der Waals surface area contributed by atoms with Crippen LogP contribution in [0, 0.1) is 0 Å². The molecule has 0 spiro atoms. The SMILES string of the molecule is O=C(COC(=O)C=Cc1cn(-c2ccccc2)nc1-c1cc2ccccc2o1)NC1CCS(=O)(=O)C1. The molecule has 0 aliphatic carbocycles. The number of aromatic nitrogens is 2. The van der Waals surface area contributed by atoms with E-state index in [4.69, 9.17) is 9.15 Å². The predicted molar refractivity (Wildman–Crippen MR) is 134 cm³/mol. The number of para-hydroxylation sites is 2. The van der Waals surface area contributed by atoms with Crippen LogP contribution in [-0.4, -0.2) is 54.2 Å². The highest BCUT2D eigenvalue weighted by Crippen LogP contribution is 2.30. The number of sulfone groups is 1. The summed E-state index contributed by atoms with van der Waals surface area (Å²) in [6, 6.07) is 18.6. The minimum Gasteiger partial charge on any atom is -0.454 e. The third-order valence-electron chi connectivity index (χ3n) is 5.76. The highest BCUT2D eigenvalue weighted by Gasteiger charge is 2.29. The highest BCUT2D eigenvalue weighted by molar-refractivity contribution is 7.91. The smallest absolute Gasteiger partial charge is 0.331 e. The number of amides is 1. The van der Waals surface area contributed by atoms with Crippen molar-refractivity contribution in [2.45, 2.75) is 12.5 Å². The van der Waals surface area contributed by atoms with E-state index in [1.807, 2.05) is 60.7 Å². The van der Waals surface area contributed by atoms with E-state index in [0.29, 0.717) is 23.4 Å². The third kappa shape index (κ3) is 5.38. The zero-order chi connectivity index (χ0) is 25.1. The van der Waals surface area contributed by atoms with Crippen molar-refractivity contribution in [2.75, 3.05) is 18.1 Å². The maximum absolute atomic E-state index is 12.3. The number of rotatable bonds is 7. The van der Waals surface area contributed by atoms with E-state index in [-0.39, 0.29) is 11.5 Å². The number of esters is 1. The first-order valence-electron chi connectivity index (χ1n) is 11.3. The number of ether oxygens (including phenoxy) is 1. The minimum atomic E-state index is -3.11. The molecule has 1 atom stereocenters. The van der Waals surface area contributed by atoms with Gasteiger partial charge in [0.1, 0.15) is 11.3 Å².